The predicted octanol–water partition coefficient (Wildman–Crippen LogP) is 9.71. The van der Waals surface area contributed by atoms with Crippen LogP contribution in [-0.2, 0) is 0 Å². The molecule has 0 aromatic carbocycles. The van der Waals surface area contributed by atoms with Crippen molar-refractivity contribution in [1.82, 2.24) is 0 Å². The van der Waals surface area contributed by atoms with Gasteiger partial charge in [-0.25, -0.2) is 0 Å². The molecule has 0 aliphatic rings. The maximum atomic E-state index is 3.38. The molecule has 0 aliphatic heterocycles. The maximum absolute atomic E-state index is 3.38. The Bertz CT molecular complexity index is 265. The Balaban J connectivity index is 4.28. The molecule has 0 aliphatic carbocycles. The van der Waals surface area contributed by atoms with Gasteiger partial charge in [-0.15, -0.1) is 9.24 Å². The Morgan fingerprint density at radius 3 is 1.35 bits per heavy atom. The Morgan fingerprint density at radius 2 is 0.885 bits per heavy atom. The van der Waals surface area contributed by atoms with Gasteiger partial charge in [0.05, 0.1) is 0 Å². The Kier molecular flexibility index (Phi) is 19.1. The molecule has 0 amide bonds. The summed E-state index contributed by atoms with van der Waals surface area (Å²) < 4.78 is 0. The summed E-state index contributed by atoms with van der Waals surface area (Å²) in [5, 5.41) is 0.529. The van der Waals surface area contributed by atoms with Gasteiger partial charge >= 0.3 is 0 Å². The zero-order valence-corrected chi connectivity index (χ0v) is 20.2. The number of hydrogen-bond acceptors (Lipinski definition) is 0. The van der Waals surface area contributed by atoms with Gasteiger partial charge in [-0.05, 0) is 36.8 Å². The van der Waals surface area contributed by atoms with E-state index in [0.29, 0.717) is 5.16 Å². The third-order valence-corrected chi connectivity index (χ3v) is 7.42. The lowest BCUT2D eigenvalue weighted by Crippen LogP contribution is -2.32. The van der Waals surface area contributed by atoms with Gasteiger partial charge in [-0.1, -0.05) is 124 Å². The number of hydrogen-bond donors (Lipinski definition) is 0. The second kappa shape index (κ2) is 18.8. The fourth-order valence-corrected chi connectivity index (χ4v) is 5.16. The van der Waals surface area contributed by atoms with E-state index in [1.807, 2.05) is 0 Å². The molecule has 0 radical (unpaired) electrons. The number of rotatable bonds is 20. The van der Waals surface area contributed by atoms with Crippen molar-refractivity contribution in [2.24, 2.45) is 5.92 Å². The van der Waals surface area contributed by atoms with Crippen molar-refractivity contribution in [3.63, 3.8) is 0 Å². The highest BCUT2D eigenvalue weighted by atomic mass is 31.0. The second-order valence-corrected chi connectivity index (χ2v) is 10.0. The van der Waals surface area contributed by atoms with Crippen LogP contribution >= 0.6 is 9.24 Å². The molecule has 0 spiro atoms. The minimum absolute atomic E-state index is 0.529. The Hall–Kier alpha value is 0.430. The van der Waals surface area contributed by atoms with E-state index < -0.39 is 0 Å². The molecule has 2 unspecified atom stereocenters. The minimum atomic E-state index is 0.529. The lowest BCUT2D eigenvalue weighted by atomic mass is 9.77. The van der Waals surface area contributed by atoms with E-state index >= 15 is 0 Å². The lowest BCUT2D eigenvalue weighted by molar-refractivity contribution is 0.274. The summed E-state index contributed by atoms with van der Waals surface area (Å²) in [6, 6.07) is 0. The van der Waals surface area contributed by atoms with E-state index in [4.69, 9.17) is 0 Å². The average Bonchev–Trinajstić information content (AvgIpc) is 2.65. The Morgan fingerprint density at radius 1 is 0.500 bits per heavy atom. The van der Waals surface area contributed by atoms with Crippen molar-refractivity contribution in [2.75, 3.05) is 0 Å². The molecule has 0 fully saturated rings. The van der Waals surface area contributed by atoms with E-state index in [2.05, 4.69) is 36.9 Å². The van der Waals surface area contributed by atoms with Crippen LogP contribution < -0.4 is 0 Å². The van der Waals surface area contributed by atoms with E-state index in [0.717, 1.165) is 5.92 Å². The predicted molar refractivity (Wildman–Crippen MR) is 126 cm³/mol. The van der Waals surface area contributed by atoms with Crippen molar-refractivity contribution in [3.05, 3.63) is 0 Å². The van der Waals surface area contributed by atoms with Crippen LogP contribution in [0.3, 0.4) is 0 Å². The second-order valence-electron chi connectivity index (χ2n) is 8.90. The van der Waals surface area contributed by atoms with E-state index in [-0.39, 0.29) is 0 Å². The first kappa shape index (κ1) is 26.4. The van der Waals surface area contributed by atoms with Crippen molar-refractivity contribution in [1.29, 1.82) is 0 Å². The summed E-state index contributed by atoms with van der Waals surface area (Å²) in [4.78, 5) is 0. The van der Waals surface area contributed by atoms with Gasteiger partial charge in [0.2, 0.25) is 0 Å². The smallest absolute Gasteiger partial charge is 0.0122 e. The summed E-state index contributed by atoms with van der Waals surface area (Å²) in [6.45, 7) is 9.37. The molecule has 0 saturated heterocycles. The summed E-state index contributed by atoms with van der Waals surface area (Å²) in [5.41, 5.74) is 0. The molecular weight excluding hydrogens is 331 g/mol. The van der Waals surface area contributed by atoms with Gasteiger partial charge in [-0.3, -0.25) is 0 Å². The molecule has 0 N–H and O–H groups in total. The zero-order chi connectivity index (χ0) is 19.5. The Labute approximate surface area is 170 Å². The minimum Gasteiger partial charge on any atom is -0.131 e. The fraction of sp³-hybridized carbons (Fsp3) is 1.00. The molecule has 0 bridgehead atoms. The number of unbranched alkanes of at least 4 members (excludes halogenated alkanes) is 11. The molecule has 26 heavy (non-hydrogen) atoms. The van der Waals surface area contributed by atoms with Crippen molar-refractivity contribution < 1.29 is 0 Å². The monoisotopic (exact) mass is 384 g/mol. The van der Waals surface area contributed by atoms with Gasteiger partial charge in [0.1, 0.15) is 0 Å². The van der Waals surface area contributed by atoms with E-state index in [1.165, 1.54) is 122 Å². The van der Waals surface area contributed by atoms with Crippen molar-refractivity contribution in [3.8, 4) is 0 Å². The van der Waals surface area contributed by atoms with Crippen LogP contribution in [0.25, 0.3) is 0 Å². The maximum Gasteiger partial charge on any atom is -0.0122 e. The highest BCUT2D eigenvalue weighted by Gasteiger charge is 2.32. The van der Waals surface area contributed by atoms with Crippen LogP contribution in [0.15, 0.2) is 0 Å². The molecule has 0 saturated carbocycles. The topological polar surface area (TPSA) is 0 Å². The average molecular weight is 385 g/mol. The van der Waals surface area contributed by atoms with Gasteiger partial charge in [0.25, 0.3) is 0 Å². The van der Waals surface area contributed by atoms with E-state index in [9.17, 15) is 0 Å². The van der Waals surface area contributed by atoms with E-state index in [1.54, 1.807) is 0 Å². The van der Waals surface area contributed by atoms with Crippen LogP contribution in [-0.4, -0.2) is 5.16 Å². The molecular formula is C25H53P. The van der Waals surface area contributed by atoms with Gasteiger partial charge in [-0.2, -0.15) is 0 Å². The largest absolute Gasteiger partial charge is 0.131 e. The zero-order valence-electron chi connectivity index (χ0n) is 19.1. The van der Waals surface area contributed by atoms with Crippen LogP contribution in [0.2, 0.25) is 0 Å². The fourth-order valence-electron chi connectivity index (χ4n) is 4.42. The summed E-state index contributed by atoms with van der Waals surface area (Å²) in [6.07, 6.45) is 27.2. The van der Waals surface area contributed by atoms with Gasteiger partial charge in [0, 0.05) is 0 Å². The van der Waals surface area contributed by atoms with Crippen molar-refractivity contribution >= 4 is 9.24 Å². The molecule has 158 valence electrons. The molecule has 0 nitrogen and oxygen atoms in total. The molecule has 1 heteroatoms. The summed E-state index contributed by atoms with van der Waals surface area (Å²) >= 11 is 0. The first-order valence-electron chi connectivity index (χ1n) is 12.4. The van der Waals surface area contributed by atoms with Crippen LogP contribution in [0.4, 0.5) is 0 Å². The standard InChI is InChI=1S/C25H53P/c1-5-9-13-14-15-16-17-18-19-21-24(20-10-6-2)25(26,22-11-7-3)23-12-8-4/h24H,5-23,26H2,1-4H3. The molecule has 0 heterocycles. The van der Waals surface area contributed by atoms with Crippen LogP contribution in [0.1, 0.15) is 150 Å². The molecule has 0 rings (SSSR count). The normalized spacial score (nSPS) is 13.3. The molecule has 0 aromatic rings. The van der Waals surface area contributed by atoms with Crippen LogP contribution in [0.5, 0.6) is 0 Å². The third kappa shape index (κ3) is 13.6. The summed E-state index contributed by atoms with van der Waals surface area (Å²) in [5.74, 6) is 0.940. The van der Waals surface area contributed by atoms with Gasteiger partial charge < -0.3 is 0 Å². The molecule has 2 atom stereocenters. The van der Waals surface area contributed by atoms with Gasteiger partial charge in [0.15, 0.2) is 0 Å². The quantitative estimate of drug-likeness (QED) is 0.145. The van der Waals surface area contributed by atoms with Crippen molar-refractivity contribution in [2.45, 2.75) is 155 Å². The third-order valence-electron chi connectivity index (χ3n) is 6.37. The highest BCUT2D eigenvalue weighted by molar-refractivity contribution is 7.19. The SMILES string of the molecule is CCCCCCCCCCCC(CCCC)C(P)(CCCC)CCCC. The first-order valence-corrected chi connectivity index (χ1v) is 13.0. The van der Waals surface area contributed by atoms with Crippen LogP contribution in [0, 0.1) is 5.92 Å². The summed E-state index contributed by atoms with van der Waals surface area (Å²) in [7, 11) is 3.38. The molecule has 0 aromatic heterocycles. The highest BCUT2D eigenvalue weighted by Crippen LogP contribution is 2.43. The first-order chi connectivity index (χ1) is 12.6. The lowest BCUT2D eigenvalue weighted by Gasteiger charge is -2.39.